The quantitative estimate of drug-likeness (QED) is 0.836. The molecular formula is C19H24N4O2. The van der Waals surface area contributed by atoms with Crippen molar-refractivity contribution in [3.63, 3.8) is 0 Å². The molecule has 0 bridgehead atoms. The largest absolute Gasteiger partial charge is 0.393 e. The van der Waals surface area contributed by atoms with Crippen LogP contribution < -0.4 is 10.2 Å². The van der Waals surface area contributed by atoms with Gasteiger partial charge in [-0.2, -0.15) is 0 Å². The first-order valence-corrected chi connectivity index (χ1v) is 8.55. The summed E-state index contributed by atoms with van der Waals surface area (Å²) in [5, 5.41) is 12.7. The number of aliphatic hydroxyl groups is 1. The van der Waals surface area contributed by atoms with Crippen molar-refractivity contribution in [1.29, 1.82) is 0 Å². The molecule has 132 valence electrons. The summed E-state index contributed by atoms with van der Waals surface area (Å²) in [6.07, 6.45) is 5.19. The molecule has 0 unspecified atom stereocenters. The summed E-state index contributed by atoms with van der Waals surface area (Å²) in [6, 6.07) is 9.35. The first-order valence-electron chi connectivity index (χ1n) is 8.55. The number of nitrogens with one attached hydrogen (secondary N) is 1. The molecule has 0 saturated heterocycles. The summed E-state index contributed by atoms with van der Waals surface area (Å²) in [5.41, 5.74) is 1.48. The van der Waals surface area contributed by atoms with Crippen LogP contribution in [0.4, 0.5) is 5.82 Å². The van der Waals surface area contributed by atoms with Gasteiger partial charge < -0.3 is 15.3 Å². The molecular weight excluding hydrogens is 316 g/mol. The third-order valence-electron chi connectivity index (χ3n) is 4.66. The predicted molar refractivity (Wildman–Crippen MR) is 96.5 cm³/mol. The lowest BCUT2D eigenvalue weighted by Crippen LogP contribution is -2.48. The molecule has 1 fully saturated rings. The average molecular weight is 340 g/mol. The Morgan fingerprint density at radius 1 is 1.28 bits per heavy atom. The van der Waals surface area contributed by atoms with E-state index in [2.05, 4.69) is 15.3 Å². The van der Waals surface area contributed by atoms with Gasteiger partial charge in [-0.15, -0.1) is 0 Å². The minimum absolute atomic E-state index is 0.0423. The van der Waals surface area contributed by atoms with Gasteiger partial charge in [-0.05, 0) is 43.0 Å². The van der Waals surface area contributed by atoms with E-state index in [1.165, 1.54) is 0 Å². The van der Waals surface area contributed by atoms with Gasteiger partial charge in [0.15, 0.2) is 0 Å². The molecule has 1 saturated carbocycles. The molecule has 0 radical (unpaired) electrons. The molecule has 6 heteroatoms. The zero-order valence-corrected chi connectivity index (χ0v) is 14.6. The number of hydrogen-bond acceptors (Lipinski definition) is 5. The van der Waals surface area contributed by atoms with E-state index in [4.69, 9.17) is 0 Å². The van der Waals surface area contributed by atoms with Gasteiger partial charge in [-0.3, -0.25) is 9.78 Å². The monoisotopic (exact) mass is 340 g/mol. The van der Waals surface area contributed by atoms with Gasteiger partial charge in [0.05, 0.1) is 11.7 Å². The van der Waals surface area contributed by atoms with Gasteiger partial charge in [-0.1, -0.05) is 6.07 Å². The molecule has 1 atom stereocenters. The fourth-order valence-electron chi connectivity index (χ4n) is 3.07. The van der Waals surface area contributed by atoms with Crippen LogP contribution in [0.15, 0.2) is 42.7 Å². The summed E-state index contributed by atoms with van der Waals surface area (Å²) < 4.78 is 0. The Morgan fingerprint density at radius 2 is 2.08 bits per heavy atom. The van der Waals surface area contributed by atoms with E-state index in [1.807, 2.05) is 43.3 Å². The highest BCUT2D eigenvalue weighted by Crippen LogP contribution is 2.31. The van der Waals surface area contributed by atoms with Crippen molar-refractivity contribution >= 4 is 11.7 Å². The second-order valence-electron chi connectivity index (χ2n) is 6.79. The Hall–Kier alpha value is -2.47. The van der Waals surface area contributed by atoms with Crippen LogP contribution in [0.3, 0.4) is 0 Å². The van der Waals surface area contributed by atoms with Gasteiger partial charge in [0.1, 0.15) is 5.82 Å². The Bertz CT molecular complexity index is 697. The summed E-state index contributed by atoms with van der Waals surface area (Å²) in [6.45, 7) is 0. The van der Waals surface area contributed by atoms with Gasteiger partial charge in [0.25, 0.3) is 5.91 Å². The van der Waals surface area contributed by atoms with Crippen molar-refractivity contribution < 1.29 is 9.90 Å². The first kappa shape index (κ1) is 17.4. The maximum atomic E-state index is 12.6. The molecule has 25 heavy (non-hydrogen) atoms. The van der Waals surface area contributed by atoms with E-state index in [0.29, 0.717) is 12.0 Å². The molecule has 6 nitrogen and oxygen atoms in total. The zero-order chi connectivity index (χ0) is 17.8. The molecule has 1 aliphatic rings. The number of carbonyl (C=O) groups excluding carboxylic acids is 1. The lowest BCUT2D eigenvalue weighted by atomic mass is 9.76. The normalized spacial score (nSPS) is 20.4. The van der Waals surface area contributed by atoms with Gasteiger partial charge >= 0.3 is 0 Å². The van der Waals surface area contributed by atoms with E-state index >= 15 is 0 Å². The second kappa shape index (κ2) is 7.61. The van der Waals surface area contributed by atoms with Gasteiger partial charge in [0.2, 0.25) is 0 Å². The first-order chi connectivity index (χ1) is 12.0. The van der Waals surface area contributed by atoms with Crippen LogP contribution >= 0.6 is 0 Å². The van der Waals surface area contributed by atoms with Crippen LogP contribution in [-0.2, 0) is 6.42 Å². The van der Waals surface area contributed by atoms with Crippen LogP contribution in [0.25, 0.3) is 0 Å². The Labute approximate surface area is 147 Å². The number of carbonyl (C=O) groups is 1. The molecule has 2 N–H and O–H groups in total. The van der Waals surface area contributed by atoms with Crippen LogP contribution in [0.5, 0.6) is 0 Å². The zero-order valence-electron chi connectivity index (χ0n) is 14.6. The highest BCUT2D eigenvalue weighted by Gasteiger charge is 2.35. The van der Waals surface area contributed by atoms with Gasteiger partial charge in [-0.25, -0.2) is 4.98 Å². The number of aromatic nitrogens is 2. The maximum Gasteiger partial charge on any atom is 0.253 e. The summed E-state index contributed by atoms with van der Waals surface area (Å²) in [4.78, 5) is 23.1. The average Bonchev–Trinajstić information content (AvgIpc) is 2.59. The van der Waals surface area contributed by atoms with Crippen molar-refractivity contribution in [3.05, 3.63) is 54.0 Å². The third kappa shape index (κ3) is 4.33. The molecule has 0 aromatic carbocycles. The lowest BCUT2D eigenvalue weighted by Gasteiger charge is -2.38. The molecule has 2 heterocycles. The summed E-state index contributed by atoms with van der Waals surface area (Å²) >= 11 is 0. The predicted octanol–water partition coefficient (Wildman–Crippen LogP) is 1.65. The van der Waals surface area contributed by atoms with E-state index in [0.717, 1.165) is 24.4 Å². The number of anilines is 1. The lowest BCUT2D eigenvalue weighted by molar-refractivity contribution is 0.0238. The highest BCUT2D eigenvalue weighted by atomic mass is 16.3. The molecule has 3 rings (SSSR count). The number of nitrogens with zero attached hydrogens (tertiary/aromatic N) is 3. The number of aliphatic hydroxyl groups excluding tert-OH is 1. The maximum absolute atomic E-state index is 12.6. The minimum atomic E-state index is -0.255. The van der Waals surface area contributed by atoms with Crippen LogP contribution in [-0.4, -0.2) is 47.2 Å². The van der Waals surface area contributed by atoms with Crippen molar-refractivity contribution in [2.75, 3.05) is 19.0 Å². The molecule has 2 aromatic heterocycles. The number of rotatable bonds is 6. The Balaban J connectivity index is 1.69. The van der Waals surface area contributed by atoms with Crippen molar-refractivity contribution in [1.82, 2.24) is 15.3 Å². The molecule has 0 aliphatic heterocycles. The van der Waals surface area contributed by atoms with E-state index in [1.54, 1.807) is 18.5 Å². The minimum Gasteiger partial charge on any atom is -0.393 e. The van der Waals surface area contributed by atoms with Gasteiger partial charge in [0, 0.05) is 44.6 Å². The Morgan fingerprint density at radius 3 is 2.64 bits per heavy atom. The topological polar surface area (TPSA) is 78.4 Å². The fourth-order valence-corrected chi connectivity index (χ4v) is 3.07. The van der Waals surface area contributed by atoms with E-state index in [-0.39, 0.29) is 24.0 Å². The fraction of sp³-hybridized carbons (Fsp3) is 0.421. The second-order valence-corrected chi connectivity index (χ2v) is 6.79. The summed E-state index contributed by atoms with van der Waals surface area (Å²) in [7, 11) is 3.82. The van der Waals surface area contributed by atoms with Crippen LogP contribution in [0, 0.1) is 5.92 Å². The SMILES string of the molecule is CN(C)c1ccc(C(=O)N[C@H](Cc2ccccn2)C2CC(O)C2)cn1. The third-order valence-corrected chi connectivity index (χ3v) is 4.66. The van der Waals surface area contributed by atoms with Crippen molar-refractivity contribution in [2.24, 2.45) is 5.92 Å². The number of amides is 1. The molecule has 1 amide bonds. The Kier molecular flexibility index (Phi) is 5.28. The van der Waals surface area contributed by atoms with Crippen LogP contribution in [0.1, 0.15) is 28.9 Å². The highest BCUT2D eigenvalue weighted by molar-refractivity contribution is 5.94. The number of hydrogen-bond donors (Lipinski definition) is 2. The number of pyridine rings is 2. The molecule has 2 aromatic rings. The van der Waals surface area contributed by atoms with Crippen molar-refractivity contribution in [2.45, 2.75) is 31.4 Å². The summed E-state index contributed by atoms with van der Waals surface area (Å²) in [5.74, 6) is 0.943. The van der Waals surface area contributed by atoms with Crippen LogP contribution in [0.2, 0.25) is 0 Å². The van der Waals surface area contributed by atoms with E-state index in [9.17, 15) is 9.90 Å². The standard InChI is InChI=1S/C19H24N4O2/c1-23(2)18-7-6-13(12-21-18)19(25)22-17(14-9-16(24)10-14)11-15-5-3-4-8-20-15/h3-8,12,14,16-17,24H,9-11H2,1-2H3,(H,22,25)/t14?,16?,17-/m1/s1. The molecule has 0 spiro atoms. The van der Waals surface area contributed by atoms with Crippen molar-refractivity contribution in [3.8, 4) is 0 Å². The molecule has 1 aliphatic carbocycles. The smallest absolute Gasteiger partial charge is 0.253 e. The van der Waals surface area contributed by atoms with E-state index < -0.39 is 0 Å².